The fourth-order valence-electron chi connectivity index (χ4n) is 3.33. The van der Waals surface area contributed by atoms with Crippen molar-refractivity contribution < 1.29 is 17.9 Å². The summed E-state index contributed by atoms with van der Waals surface area (Å²) in [5.74, 6) is 0.171. The fourth-order valence-corrected chi connectivity index (χ4v) is 5.23. The van der Waals surface area contributed by atoms with E-state index < -0.39 is 16.1 Å². The van der Waals surface area contributed by atoms with Gasteiger partial charge >= 0.3 is 0 Å². The van der Waals surface area contributed by atoms with Crippen LogP contribution < -0.4 is 10.1 Å². The molecule has 27 heavy (non-hydrogen) atoms. The number of para-hydroxylation sites is 1. The Balaban J connectivity index is 1.89. The minimum Gasteiger partial charge on any atom is -0.497 e. The van der Waals surface area contributed by atoms with E-state index in [4.69, 9.17) is 4.74 Å². The van der Waals surface area contributed by atoms with Crippen LogP contribution in [0.5, 0.6) is 5.75 Å². The number of carbonyl (C=O) groups is 1. The monoisotopic (exact) mass is 388 g/mol. The minimum absolute atomic E-state index is 0.178. The maximum atomic E-state index is 13.2. The van der Waals surface area contributed by atoms with E-state index in [1.54, 1.807) is 19.1 Å². The summed E-state index contributed by atoms with van der Waals surface area (Å²) in [6.45, 7) is 3.97. The number of hydrogen-bond acceptors (Lipinski definition) is 4. The molecule has 0 aromatic heterocycles. The molecule has 1 aliphatic heterocycles. The van der Waals surface area contributed by atoms with Gasteiger partial charge in [-0.15, -0.1) is 0 Å². The largest absolute Gasteiger partial charge is 0.497 e. The molecule has 0 bridgehead atoms. The van der Waals surface area contributed by atoms with E-state index in [-0.39, 0.29) is 10.8 Å². The van der Waals surface area contributed by atoms with Crippen LogP contribution in [0.25, 0.3) is 0 Å². The molecule has 144 valence electrons. The van der Waals surface area contributed by atoms with Crippen LogP contribution in [0.1, 0.15) is 24.0 Å². The third kappa shape index (κ3) is 3.84. The van der Waals surface area contributed by atoms with Crippen LogP contribution in [-0.2, 0) is 14.8 Å². The Morgan fingerprint density at radius 1 is 1.15 bits per heavy atom. The van der Waals surface area contributed by atoms with Gasteiger partial charge in [0.2, 0.25) is 15.9 Å². The van der Waals surface area contributed by atoms with Gasteiger partial charge < -0.3 is 10.1 Å². The summed E-state index contributed by atoms with van der Waals surface area (Å²) in [4.78, 5) is 13.0. The number of hydrogen-bond donors (Lipinski definition) is 1. The molecule has 0 saturated carbocycles. The molecule has 2 aromatic rings. The molecule has 1 heterocycles. The average molecular weight is 388 g/mol. The van der Waals surface area contributed by atoms with E-state index in [1.807, 2.05) is 31.2 Å². The first-order valence-corrected chi connectivity index (χ1v) is 10.3. The number of nitrogens with zero attached hydrogens (tertiary/aromatic N) is 1. The number of carbonyl (C=O) groups excluding carboxylic acids is 1. The third-order valence-corrected chi connectivity index (χ3v) is 6.94. The highest BCUT2D eigenvalue weighted by atomic mass is 32.2. The average Bonchev–Trinajstić information content (AvgIpc) is 3.15. The molecule has 1 N–H and O–H groups in total. The Morgan fingerprint density at radius 2 is 1.89 bits per heavy atom. The van der Waals surface area contributed by atoms with Crippen LogP contribution in [0.4, 0.5) is 5.69 Å². The maximum absolute atomic E-state index is 13.2. The number of methoxy groups -OCH3 is 1. The first-order chi connectivity index (χ1) is 12.8. The minimum atomic E-state index is -3.81. The van der Waals surface area contributed by atoms with Gasteiger partial charge in [0.1, 0.15) is 11.8 Å². The van der Waals surface area contributed by atoms with E-state index >= 15 is 0 Å². The lowest BCUT2D eigenvalue weighted by molar-refractivity contribution is -0.119. The maximum Gasteiger partial charge on any atom is 0.244 e. The first-order valence-electron chi connectivity index (χ1n) is 8.87. The summed E-state index contributed by atoms with van der Waals surface area (Å²) >= 11 is 0. The molecule has 3 rings (SSSR count). The molecule has 7 heteroatoms. The summed E-state index contributed by atoms with van der Waals surface area (Å²) < 4.78 is 33.0. The van der Waals surface area contributed by atoms with Gasteiger partial charge in [0, 0.05) is 18.3 Å². The van der Waals surface area contributed by atoms with Gasteiger partial charge in [0.15, 0.2) is 0 Å². The lowest BCUT2D eigenvalue weighted by Crippen LogP contribution is -2.43. The Bertz CT molecular complexity index is 956. The number of nitrogens with one attached hydrogen (secondary N) is 1. The zero-order valence-corrected chi connectivity index (χ0v) is 16.5. The van der Waals surface area contributed by atoms with Crippen molar-refractivity contribution in [2.24, 2.45) is 0 Å². The van der Waals surface area contributed by atoms with Crippen molar-refractivity contribution in [2.45, 2.75) is 37.6 Å². The number of amides is 1. The van der Waals surface area contributed by atoms with Gasteiger partial charge in [0.05, 0.1) is 12.0 Å². The normalized spacial score (nSPS) is 17.7. The Kier molecular flexibility index (Phi) is 5.53. The lowest BCUT2D eigenvalue weighted by atomic mass is 10.1. The second-order valence-electron chi connectivity index (χ2n) is 6.71. The van der Waals surface area contributed by atoms with Crippen LogP contribution in [0.2, 0.25) is 0 Å². The molecule has 1 atom stereocenters. The van der Waals surface area contributed by atoms with Crippen LogP contribution in [0, 0.1) is 13.8 Å². The molecule has 1 fully saturated rings. The lowest BCUT2D eigenvalue weighted by Gasteiger charge is -2.24. The molecular formula is C20H24N2O4S. The molecule has 6 nitrogen and oxygen atoms in total. The number of sulfonamides is 1. The summed E-state index contributed by atoms with van der Waals surface area (Å²) in [6, 6.07) is 11.7. The van der Waals surface area contributed by atoms with Crippen LogP contribution in [0.15, 0.2) is 47.4 Å². The summed E-state index contributed by atoms with van der Waals surface area (Å²) in [5.41, 5.74) is 2.26. The van der Waals surface area contributed by atoms with Crippen molar-refractivity contribution in [3.05, 3.63) is 53.6 Å². The number of aryl methyl sites for hydroxylation is 2. The van der Waals surface area contributed by atoms with Crippen LogP contribution >= 0.6 is 0 Å². The Hall–Kier alpha value is -2.38. The Labute approximate surface area is 160 Å². The molecule has 1 saturated heterocycles. The molecule has 2 aromatic carbocycles. The van der Waals surface area contributed by atoms with E-state index in [1.165, 1.54) is 17.5 Å². The fraction of sp³-hybridized carbons (Fsp3) is 0.350. The summed E-state index contributed by atoms with van der Waals surface area (Å²) in [7, 11) is -2.31. The van der Waals surface area contributed by atoms with E-state index in [9.17, 15) is 13.2 Å². The van der Waals surface area contributed by atoms with Crippen molar-refractivity contribution in [1.82, 2.24) is 4.31 Å². The second kappa shape index (κ2) is 7.70. The van der Waals surface area contributed by atoms with E-state index in [0.29, 0.717) is 36.4 Å². The number of rotatable bonds is 5. The standard InChI is InChI=1S/C20H24N2O4S/c1-14-7-4-5-8-17(14)21-20(23)18-9-6-12-22(18)27(24,25)19-13-16(26-3)11-10-15(19)2/h4-5,7-8,10-11,13,18H,6,9,12H2,1-3H3,(H,21,23)/t18-/m1/s1. The highest BCUT2D eigenvalue weighted by molar-refractivity contribution is 7.89. The molecule has 0 radical (unpaired) electrons. The van der Waals surface area contributed by atoms with Crippen molar-refractivity contribution in [1.29, 1.82) is 0 Å². The molecular weight excluding hydrogens is 364 g/mol. The van der Waals surface area contributed by atoms with E-state index in [2.05, 4.69) is 5.32 Å². The topological polar surface area (TPSA) is 75.7 Å². The molecule has 0 unspecified atom stereocenters. The summed E-state index contributed by atoms with van der Waals surface area (Å²) in [6.07, 6.45) is 1.15. The van der Waals surface area contributed by atoms with Gasteiger partial charge in [-0.2, -0.15) is 4.31 Å². The van der Waals surface area contributed by atoms with E-state index in [0.717, 1.165) is 5.56 Å². The van der Waals surface area contributed by atoms with Crippen molar-refractivity contribution in [3.8, 4) is 5.75 Å². The smallest absolute Gasteiger partial charge is 0.244 e. The number of ether oxygens (including phenoxy) is 1. The molecule has 0 aliphatic carbocycles. The van der Waals surface area contributed by atoms with Crippen LogP contribution in [0.3, 0.4) is 0 Å². The second-order valence-corrected chi connectivity index (χ2v) is 8.57. The predicted molar refractivity (Wildman–Crippen MR) is 104 cm³/mol. The number of benzene rings is 2. The van der Waals surface area contributed by atoms with Gasteiger partial charge in [-0.25, -0.2) is 8.42 Å². The highest BCUT2D eigenvalue weighted by Gasteiger charge is 2.40. The zero-order chi connectivity index (χ0) is 19.6. The van der Waals surface area contributed by atoms with Gasteiger partial charge in [-0.3, -0.25) is 4.79 Å². The quantitative estimate of drug-likeness (QED) is 0.854. The summed E-state index contributed by atoms with van der Waals surface area (Å²) in [5, 5.41) is 2.87. The predicted octanol–water partition coefficient (Wildman–Crippen LogP) is 3.10. The van der Waals surface area contributed by atoms with Gasteiger partial charge in [0.25, 0.3) is 0 Å². The third-order valence-electron chi connectivity index (χ3n) is 4.89. The number of anilines is 1. The molecule has 0 spiro atoms. The van der Waals surface area contributed by atoms with Gasteiger partial charge in [-0.05, 0) is 49.9 Å². The molecule has 1 amide bonds. The SMILES string of the molecule is COc1ccc(C)c(S(=O)(=O)N2CCC[C@@H]2C(=O)Nc2ccccc2C)c1. The van der Waals surface area contributed by atoms with Crippen molar-refractivity contribution in [2.75, 3.05) is 19.0 Å². The highest BCUT2D eigenvalue weighted by Crippen LogP contribution is 2.30. The zero-order valence-electron chi connectivity index (χ0n) is 15.7. The Morgan fingerprint density at radius 3 is 2.59 bits per heavy atom. The van der Waals surface area contributed by atoms with Crippen molar-refractivity contribution in [3.63, 3.8) is 0 Å². The van der Waals surface area contributed by atoms with Crippen LogP contribution in [-0.4, -0.2) is 38.3 Å². The van der Waals surface area contributed by atoms with Crippen molar-refractivity contribution >= 4 is 21.6 Å². The van der Waals surface area contributed by atoms with Gasteiger partial charge in [-0.1, -0.05) is 24.3 Å². The first kappa shape index (κ1) is 19.4. The molecule has 1 aliphatic rings.